The fourth-order valence-corrected chi connectivity index (χ4v) is 2.57. The number of carbonyl (C=O) groups is 1. The molecule has 0 radical (unpaired) electrons. The van der Waals surface area contributed by atoms with Crippen molar-refractivity contribution in [2.24, 2.45) is 0 Å². The average molecular weight is 264 g/mol. The van der Waals surface area contributed by atoms with Gasteiger partial charge in [0.05, 0.1) is 6.42 Å². The quantitative estimate of drug-likeness (QED) is 0.910. The van der Waals surface area contributed by atoms with Gasteiger partial charge in [-0.3, -0.25) is 4.79 Å². The van der Waals surface area contributed by atoms with E-state index in [4.69, 9.17) is 14.6 Å². The number of ether oxygens (including phenoxy) is 2. The van der Waals surface area contributed by atoms with Gasteiger partial charge >= 0.3 is 5.97 Å². The Labute approximate surface area is 113 Å². The van der Waals surface area contributed by atoms with Crippen LogP contribution < -0.4 is 9.47 Å². The summed E-state index contributed by atoms with van der Waals surface area (Å²) >= 11 is 0. The molecule has 0 spiro atoms. The highest BCUT2D eigenvalue weighted by atomic mass is 16.7. The lowest BCUT2D eigenvalue weighted by molar-refractivity contribution is -0.138. The van der Waals surface area contributed by atoms with E-state index < -0.39 is 17.2 Å². The van der Waals surface area contributed by atoms with Crippen LogP contribution in [0.2, 0.25) is 0 Å². The normalized spacial score (nSPS) is 16.5. The molecule has 1 aromatic carbocycles. The lowest BCUT2D eigenvalue weighted by Gasteiger charge is -2.25. The zero-order valence-electron chi connectivity index (χ0n) is 12.0. The van der Waals surface area contributed by atoms with Crippen LogP contribution in [0.1, 0.15) is 45.2 Å². The predicted molar refractivity (Wildman–Crippen MR) is 71.8 cm³/mol. The molecule has 1 aliphatic heterocycles. The molecule has 1 N–H and O–H groups in total. The number of benzene rings is 1. The van der Waals surface area contributed by atoms with Crippen molar-refractivity contribution in [1.29, 1.82) is 0 Å². The van der Waals surface area contributed by atoms with Gasteiger partial charge in [0, 0.05) is 19.3 Å². The van der Waals surface area contributed by atoms with E-state index in [2.05, 4.69) is 0 Å². The van der Waals surface area contributed by atoms with Crippen LogP contribution in [-0.2, 0) is 10.2 Å². The van der Waals surface area contributed by atoms with Gasteiger partial charge in [-0.25, -0.2) is 0 Å². The summed E-state index contributed by atoms with van der Waals surface area (Å²) in [7, 11) is 0. The van der Waals surface area contributed by atoms with E-state index in [1.165, 1.54) is 0 Å². The topological polar surface area (TPSA) is 55.8 Å². The molecular formula is C15H20O4. The molecule has 0 atom stereocenters. The number of carboxylic acid groups (broad SMARTS) is 1. The Hall–Kier alpha value is -1.71. The van der Waals surface area contributed by atoms with Crippen molar-refractivity contribution in [3.05, 3.63) is 23.3 Å². The monoisotopic (exact) mass is 264 g/mol. The molecule has 104 valence electrons. The maximum atomic E-state index is 11.0. The van der Waals surface area contributed by atoms with Gasteiger partial charge in [-0.1, -0.05) is 13.8 Å². The van der Waals surface area contributed by atoms with Gasteiger partial charge < -0.3 is 14.6 Å². The van der Waals surface area contributed by atoms with Crippen LogP contribution in [0.4, 0.5) is 0 Å². The molecule has 0 fully saturated rings. The van der Waals surface area contributed by atoms with Crippen LogP contribution in [0.3, 0.4) is 0 Å². The van der Waals surface area contributed by atoms with Crippen LogP contribution in [0, 0.1) is 6.92 Å². The minimum Gasteiger partial charge on any atom is -0.481 e. The number of rotatable bonds is 3. The van der Waals surface area contributed by atoms with E-state index in [-0.39, 0.29) is 6.42 Å². The van der Waals surface area contributed by atoms with Crippen LogP contribution in [0.5, 0.6) is 11.5 Å². The van der Waals surface area contributed by atoms with Gasteiger partial charge in [0.2, 0.25) is 5.79 Å². The van der Waals surface area contributed by atoms with Crippen molar-refractivity contribution in [2.45, 2.75) is 52.2 Å². The first-order valence-corrected chi connectivity index (χ1v) is 6.36. The molecule has 0 amide bonds. The first kappa shape index (κ1) is 13.7. The molecule has 0 unspecified atom stereocenters. The molecule has 0 saturated carbocycles. The maximum absolute atomic E-state index is 11.0. The fourth-order valence-electron chi connectivity index (χ4n) is 2.57. The van der Waals surface area contributed by atoms with Crippen molar-refractivity contribution in [3.8, 4) is 11.5 Å². The van der Waals surface area contributed by atoms with Gasteiger partial charge in [0.25, 0.3) is 0 Å². The molecule has 0 aromatic heterocycles. The molecule has 0 aliphatic carbocycles. The van der Waals surface area contributed by atoms with E-state index in [1.807, 2.05) is 46.8 Å². The largest absolute Gasteiger partial charge is 0.481 e. The van der Waals surface area contributed by atoms with Gasteiger partial charge in [-0.05, 0) is 30.2 Å². The molecule has 19 heavy (non-hydrogen) atoms. The number of aryl methyl sites for hydroxylation is 1. The molecular weight excluding hydrogens is 244 g/mol. The van der Waals surface area contributed by atoms with Crippen LogP contribution in [0.25, 0.3) is 0 Å². The van der Waals surface area contributed by atoms with Gasteiger partial charge in [0.15, 0.2) is 11.5 Å². The van der Waals surface area contributed by atoms with E-state index in [9.17, 15) is 4.79 Å². The van der Waals surface area contributed by atoms with Crippen molar-refractivity contribution in [3.63, 3.8) is 0 Å². The molecule has 1 aromatic rings. The van der Waals surface area contributed by atoms with E-state index in [0.29, 0.717) is 5.75 Å². The number of aliphatic carboxylic acids is 1. The van der Waals surface area contributed by atoms with Gasteiger partial charge in [-0.15, -0.1) is 0 Å². The van der Waals surface area contributed by atoms with Gasteiger partial charge in [0.1, 0.15) is 0 Å². The zero-order chi connectivity index (χ0) is 14.4. The zero-order valence-corrected chi connectivity index (χ0v) is 12.0. The average Bonchev–Trinajstić information content (AvgIpc) is 2.47. The molecule has 2 rings (SSSR count). The summed E-state index contributed by atoms with van der Waals surface area (Å²) in [4.78, 5) is 11.0. The summed E-state index contributed by atoms with van der Waals surface area (Å²) in [6.45, 7) is 9.52. The van der Waals surface area contributed by atoms with Crippen molar-refractivity contribution in [2.75, 3.05) is 0 Å². The van der Waals surface area contributed by atoms with Crippen molar-refractivity contribution in [1.82, 2.24) is 0 Å². The summed E-state index contributed by atoms with van der Waals surface area (Å²) in [5, 5.41) is 9.02. The molecule has 0 bridgehead atoms. The minimum absolute atomic E-state index is 0.0802. The third kappa shape index (κ3) is 2.67. The lowest BCUT2D eigenvalue weighted by atomic mass is 9.79. The minimum atomic E-state index is -0.803. The predicted octanol–water partition coefficient (Wildman–Crippen LogP) is 3.25. The summed E-state index contributed by atoms with van der Waals surface area (Å²) < 4.78 is 11.4. The number of hydrogen-bond donors (Lipinski definition) is 1. The lowest BCUT2D eigenvalue weighted by Crippen LogP contribution is -2.29. The van der Waals surface area contributed by atoms with Crippen molar-refractivity contribution < 1.29 is 19.4 Å². The first-order chi connectivity index (χ1) is 8.61. The summed E-state index contributed by atoms with van der Waals surface area (Å²) in [6.07, 6.45) is 0.0802. The van der Waals surface area contributed by atoms with Crippen LogP contribution >= 0.6 is 0 Å². The first-order valence-electron chi connectivity index (χ1n) is 6.36. The SMILES string of the molecule is Cc1cc2c(cc1C(C)(C)CC(=O)O)OC(C)(C)O2. The molecule has 1 aliphatic rings. The molecule has 4 heteroatoms. The summed E-state index contributed by atoms with van der Waals surface area (Å²) in [5.41, 5.74) is 1.56. The van der Waals surface area contributed by atoms with E-state index >= 15 is 0 Å². The molecule has 0 saturated heterocycles. The Morgan fingerprint density at radius 2 is 1.79 bits per heavy atom. The Kier molecular flexibility index (Phi) is 3.00. The van der Waals surface area contributed by atoms with Crippen molar-refractivity contribution >= 4 is 5.97 Å². The van der Waals surface area contributed by atoms with E-state index in [1.54, 1.807) is 0 Å². The Morgan fingerprint density at radius 1 is 1.26 bits per heavy atom. The maximum Gasteiger partial charge on any atom is 0.304 e. The highest BCUT2D eigenvalue weighted by Crippen LogP contribution is 2.43. The smallest absolute Gasteiger partial charge is 0.304 e. The number of carboxylic acids is 1. The van der Waals surface area contributed by atoms with Crippen LogP contribution in [0.15, 0.2) is 12.1 Å². The Balaban J connectivity index is 2.42. The second-order valence-corrected chi connectivity index (χ2v) is 6.17. The standard InChI is InChI=1S/C15H20O4/c1-9-6-11-12(19-15(4,5)18-11)7-10(9)14(2,3)8-13(16)17/h6-7H,8H2,1-5H3,(H,16,17). The van der Waals surface area contributed by atoms with E-state index in [0.717, 1.165) is 16.9 Å². The summed E-state index contributed by atoms with van der Waals surface area (Å²) in [5.74, 6) is -0.0616. The second-order valence-electron chi connectivity index (χ2n) is 6.17. The highest BCUT2D eigenvalue weighted by Gasteiger charge is 2.34. The number of fused-ring (bicyclic) bond motifs is 1. The third-order valence-corrected chi connectivity index (χ3v) is 3.32. The highest BCUT2D eigenvalue weighted by molar-refractivity contribution is 5.69. The van der Waals surface area contributed by atoms with Crippen LogP contribution in [-0.4, -0.2) is 16.9 Å². The molecule has 1 heterocycles. The Bertz CT molecular complexity index is 529. The second kappa shape index (κ2) is 4.15. The number of hydrogen-bond acceptors (Lipinski definition) is 3. The fraction of sp³-hybridized carbons (Fsp3) is 0.533. The third-order valence-electron chi connectivity index (χ3n) is 3.32. The summed E-state index contributed by atoms with van der Waals surface area (Å²) in [6, 6.07) is 3.82. The molecule has 4 nitrogen and oxygen atoms in total. The Morgan fingerprint density at radius 3 is 2.32 bits per heavy atom. The van der Waals surface area contributed by atoms with Gasteiger partial charge in [-0.2, -0.15) is 0 Å².